The van der Waals surface area contributed by atoms with Crippen molar-refractivity contribution in [3.05, 3.63) is 94.0 Å². The summed E-state index contributed by atoms with van der Waals surface area (Å²) in [6.07, 6.45) is 1.98. The van der Waals surface area contributed by atoms with Crippen LogP contribution in [-0.4, -0.2) is 24.9 Å². The Morgan fingerprint density at radius 2 is 1.67 bits per heavy atom. The van der Waals surface area contributed by atoms with Crippen LogP contribution in [-0.2, 0) is 14.4 Å². The van der Waals surface area contributed by atoms with Crippen molar-refractivity contribution in [1.82, 2.24) is 0 Å². The highest BCUT2D eigenvalue weighted by molar-refractivity contribution is 9.10. The lowest BCUT2D eigenvalue weighted by molar-refractivity contribution is -0.142. The quantitative estimate of drug-likeness (QED) is 0.255. The molecule has 1 saturated heterocycles. The van der Waals surface area contributed by atoms with Gasteiger partial charge in [-0.05, 0) is 60.0 Å². The van der Waals surface area contributed by atoms with Crippen molar-refractivity contribution >= 4 is 45.0 Å². The monoisotopic (exact) mass is 543 g/mol. The third-order valence-corrected chi connectivity index (χ3v) is 7.81. The van der Waals surface area contributed by atoms with E-state index in [2.05, 4.69) is 15.9 Å². The van der Waals surface area contributed by atoms with Crippen molar-refractivity contribution in [3.8, 4) is 11.5 Å². The highest BCUT2D eigenvalue weighted by Gasteiger charge is 2.60. The number of nitrogens with zero attached hydrogens (tertiary/aromatic N) is 1. The maximum atomic E-state index is 13.9. The smallest absolute Gasteiger partial charge is 0.319 e. The van der Waals surface area contributed by atoms with Gasteiger partial charge in [0.15, 0.2) is 0 Å². The number of hydrogen-bond donors (Lipinski definition) is 0. The van der Waals surface area contributed by atoms with Crippen LogP contribution >= 0.6 is 15.9 Å². The Labute approximate surface area is 216 Å². The summed E-state index contributed by atoms with van der Waals surface area (Å²) in [7, 11) is 1.60. The first-order valence-corrected chi connectivity index (χ1v) is 12.5. The first-order chi connectivity index (χ1) is 17.4. The number of aryl methyl sites for hydroxylation is 1. The number of fused-ring (bicyclic) bond motifs is 5. The molecule has 2 heterocycles. The van der Waals surface area contributed by atoms with E-state index in [4.69, 9.17) is 9.47 Å². The number of methoxy groups -OCH3 is 1. The minimum Gasteiger partial charge on any atom is -0.497 e. The summed E-state index contributed by atoms with van der Waals surface area (Å²) in [5.74, 6) is -2.89. The fraction of sp³-hybridized carbons (Fsp3) is 0.207. The van der Waals surface area contributed by atoms with E-state index in [1.165, 1.54) is 4.90 Å². The number of carbonyl (C=O) groups excluding carboxylic acids is 3. The normalized spacial score (nSPS) is 24.5. The molecule has 3 aromatic rings. The van der Waals surface area contributed by atoms with Gasteiger partial charge in [-0.3, -0.25) is 14.4 Å². The summed E-state index contributed by atoms with van der Waals surface area (Å²) < 4.78 is 11.8. The zero-order chi connectivity index (χ0) is 25.1. The number of benzene rings is 3. The topological polar surface area (TPSA) is 72.9 Å². The molecule has 6 rings (SSSR count). The Balaban J connectivity index is 1.54. The second-order valence-electron chi connectivity index (χ2n) is 9.36. The third kappa shape index (κ3) is 3.41. The molecule has 1 aliphatic carbocycles. The molecular weight excluding hydrogens is 522 g/mol. The molecule has 0 spiro atoms. The number of ether oxygens (including phenoxy) is 2. The van der Waals surface area contributed by atoms with Gasteiger partial charge in [0, 0.05) is 16.0 Å². The van der Waals surface area contributed by atoms with Crippen LogP contribution in [0, 0.1) is 24.7 Å². The molecule has 4 atom stereocenters. The van der Waals surface area contributed by atoms with Gasteiger partial charge >= 0.3 is 5.97 Å². The van der Waals surface area contributed by atoms with Gasteiger partial charge in [-0.15, -0.1) is 0 Å². The van der Waals surface area contributed by atoms with Crippen molar-refractivity contribution in [2.24, 2.45) is 17.8 Å². The predicted octanol–water partition coefficient (Wildman–Crippen LogP) is 5.29. The summed E-state index contributed by atoms with van der Waals surface area (Å²) in [5, 5.41) is 0. The van der Waals surface area contributed by atoms with E-state index < -0.39 is 29.6 Å². The number of carbonyl (C=O) groups is 3. The molecule has 2 amide bonds. The lowest BCUT2D eigenvalue weighted by atomic mass is 9.64. The van der Waals surface area contributed by atoms with Crippen LogP contribution in [0.3, 0.4) is 0 Å². The second kappa shape index (κ2) is 8.45. The molecule has 3 aromatic carbocycles. The van der Waals surface area contributed by atoms with Crippen LogP contribution in [0.5, 0.6) is 11.5 Å². The van der Waals surface area contributed by atoms with Gasteiger partial charge in [0.2, 0.25) is 11.8 Å². The first kappa shape index (κ1) is 22.7. The average Bonchev–Trinajstić information content (AvgIpc) is 3.13. The van der Waals surface area contributed by atoms with E-state index in [1.807, 2.05) is 61.5 Å². The largest absolute Gasteiger partial charge is 0.497 e. The average molecular weight is 544 g/mol. The van der Waals surface area contributed by atoms with E-state index in [9.17, 15) is 14.4 Å². The van der Waals surface area contributed by atoms with Gasteiger partial charge in [-0.25, -0.2) is 4.90 Å². The number of esters is 1. The molecular formula is C29H22BrNO5. The van der Waals surface area contributed by atoms with Gasteiger partial charge in [0.05, 0.1) is 30.6 Å². The van der Waals surface area contributed by atoms with Crippen molar-refractivity contribution in [1.29, 1.82) is 0 Å². The van der Waals surface area contributed by atoms with Gasteiger partial charge in [0.25, 0.3) is 0 Å². The van der Waals surface area contributed by atoms with Gasteiger partial charge < -0.3 is 9.47 Å². The molecule has 180 valence electrons. The summed E-state index contributed by atoms with van der Waals surface area (Å²) >= 11 is 3.43. The van der Waals surface area contributed by atoms with Crippen molar-refractivity contribution in [2.45, 2.75) is 12.8 Å². The van der Waals surface area contributed by atoms with E-state index in [1.54, 1.807) is 25.3 Å². The van der Waals surface area contributed by atoms with Crippen molar-refractivity contribution in [2.75, 3.05) is 12.0 Å². The van der Waals surface area contributed by atoms with E-state index in [-0.39, 0.29) is 11.8 Å². The Kier molecular flexibility index (Phi) is 5.34. The molecule has 7 heteroatoms. The number of anilines is 1. The van der Waals surface area contributed by atoms with Crippen LogP contribution < -0.4 is 14.4 Å². The molecule has 0 aromatic heterocycles. The molecule has 0 saturated carbocycles. The lowest BCUT2D eigenvalue weighted by Crippen LogP contribution is -2.42. The van der Waals surface area contributed by atoms with Crippen LogP contribution in [0.25, 0.3) is 5.57 Å². The van der Waals surface area contributed by atoms with Crippen molar-refractivity contribution in [3.63, 3.8) is 0 Å². The predicted molar refractivity (Wildman–Crippen MR) is 138 cm³/mol. The number of hydrogen-bond acceptors (Lipinski definition) is 5. The maximum Gasteiger partial charge on any atom is 0.319 e. The Hall–Kier alpha value is -3.71. The minimum atomic E-state index is -0.870. The molecule has 0 unspecified atom stereocenters. The second-order valence-corrected chi connectivity index (χ2v) is 10.3. The summed E-state index contributed by atoms with van der Waals surface area (Å²) in [5.41, 5.74) is 3.84. The molecule has 0 bridgehead atoms. The summed E-state index contributed by atoms with van der Waals surface area (Å²) in [4.78, 5) is 42.4. The Morgan fingerprint density at radius 1 is 0.917 bits per heavy atom. The van der Waals surface area contributed by atoms with E-state index in [0.717, 1.165) is 26.7 Å². The number of halogens is 1. The molecule has 36 heavy (non-hydrogen) atoms. The summed E-state index contributed by atoms with van der Waals surface area (Å²) in [6, 6.07) is 20.3. The van der Waals surface area contributed by atoms with Gasteiger partial charge in [-0.2, -0.15) is 0 Å². The maximum absolute atomic E-state index is 13.9. The van der Waals surface area contributed by atoms with E-state index >= 15 is 0 Å². The van der Waals surface area contributed by atoms with Gasteiger partial charge in [0.1, 0.15) is 11.5 Å². The number of amides is 2. The zero-order valence-electron chi connectivity index (χ0n) is 19.6. The number of rotatable bonds is 3. The zero-order valence-corrected chi connectivity index (χ0v) is 21.2. The van der Waals surface area contributed by atoms with Crippen LogP contribution in [0.2, 0.25) is 0 Å². The van der Waals surface area contributed by atoms with Crippen LogP contribution in [0.1, 0.15) is 22.6 Å². The third-order valence-electron chi connectivity index (χ3n) is 7.32. The van der Waals surface area contributed by atoms with Crippen LogP contribution in [0.4, 0.5) is 5.69 Å². The Morgan fingerprint density at radius 3 is 2.39 bits per heavy atom. The van der Waals surface area contributed by atoms with E-state index in [0.29, 0.717) is 17.2 Å². The molecule has 3 aliphatic rings. The molecule has 0 radical (unpaired) electrons. The van der Waals surface area contributed by atoms with Gasteiger partial charge in [-0.1, -0.05) is 52.3 Å². The molecule has 6 nitrogen and oxygen atoms in total. The standard InChI is InChI=1S/C29H22BrNO5/c1-15-6-11-20-22-14-21(16-7-9-19(35-2)10-8-16)24-26(25(22)29(34)36-23(20)12-15)28(33)31(27(24)32)18-5-3-4-17(30)13-18/h3-14,21,24-26H,1-2H3/t21-,24+,25-,26+/m0/s1. The number of allylic oxidation sites excluding steroid dienone is 1. The minimum absolute atomic E-state index is 0.318. The Bertz CT molecular complexity index is 1460. The fourth-order valence-electron chi connectivity index (χ4n) is 5.69. The molecule has 0 N–H and O–H groups in total. The van der Waals surface area contributed by atoms with Crippen LogP contribution in [0.15, 0.2) is 77.3 Å². The highest BCUT2D eigenvalue weighted by atomic mass is 79.9. The molecule has 2 aliphatic heterocycles. The van der Waals surface area contributed by atoms with Crippen molar-refractivity contribution < 1.29 is 23.9 Å². The highest BCUT2D eigenvalue weighted by Crippen LogP contribution is 2.54. The molecule has 1 fully saturated rings. The SMILES string of the molecule is COc1ccc([C@@H]2C=C3c4ccc(C)cc4OC(=O)[C@@H]3[C@@H]3C(=O)N(c4cccc(Br)c4)C(=O)[C@@H]32)cc1. The fourth-order valence-corrected chi connectivity index (χ4v) is 6.08. The first-order valence-electron chi connectivity index (χ1n) is 11.7. The number of imide groups is 1. The lowest BCUT2D eigenvalue weighted by Gasteiger charge is -2.38. The summed E-state index contributed by atoms with van der Waals surface area (Å²) in [6.45, 7) is 1.93.